The topological polar surface area (TPSA) is 75.0 Å². The van der Waals surface area contributed by atoms with Crippen LogP contribution in [0, 0.1) is 0 Å². The summed E-state index contributed by atoms with van der Waals surface area (Å²) >= 11 is 0. The molecule has 1 saturated heterocycles. The van der Waals surface area contributed by atoms with Crippen LogP contribution in [0.5, 0.6) is 17.2 Å². The van der Waals surface area contributed by atoms with Crippen LogP contribution in [0.1, 0.15) is 5.56 Å². The number of nitrogens with one attached hydrogen (secondary N) is 1. The number of hydrogen-bond acceptors (Lipinski definition) is 6. The molecule has 0 saturated carbocycles. The fraction of sp³-hybridized carbons (Fsp3) is 0.571. The normalized spacial score (nSPS) is 21.8. The van der Waals surface area contributed by atoms with Gasteiger partial charge in [-0.15, -0.1) is 0 Å². The van der Waals surface area contributed by atoms with Crippen LogP contribution in [-0.2, 0) is 11.3 Å². The molecule has 2 atom stereocenters. The van der Waals surface area contributed by atoms with Crippen molar-refractivity contribution in [3.05, 3.63) is 17.7 Å². The van der Waals surface area contributed by atoms with E-state index in [9.17, 15) is 0 Å². The second-order valence-electron chi connectivity index (χ2n) is 4.71. The Kier molecular flexibility index (Phi) is 5.05. The van der Waals surface area contributed by atoms with Crippen molar-refractivity contribution in [3.63, 3.8) is 0 Å². The second-order valence-corrected chi connectivity index (χ2v) is 4.71. The summed E-state index contributed by atoms with van der Waals surface area (Å²) in [6, 6.07) is 3.92. The van der Waals surface area contributed by atoms with Crippen LogP contribution in [-0.4, -0.2) is 46.6 Å². The molecule has 1 aromatic carbocycles. The lowest BCUT2D eigenvalue weighted by atomic mass is 10.1. The Bertz CT molecular complexity index is 453. The van der Waals surface area contributed by atoms with Crippen molar-refractivity contribution >= 4 is 0 Å². The van der Waals surface area contributed by atoms with Gasteiger partial charge in [0.2, 0.25) is 0 Å². The molecule has 112 valence electrons. The molecule has 0 amide bonds. The first-order valence-electron chi connectivity index (χ1n) is 6.55. The Labute approximate surface area is 119 Å². The molecular formula is C14H22N2O4. The molecule has 1 heterocycles. The highest BCUT2D eigenvalue weighted by Gasteiger charge is 2.24. The fourth-order valence-electron chi connectivity index (χ4n) is 2.25. The molecule has 1 fully saturated rings. The Balaban J connectivity index is 2.13. The highest BCUT2D eigenvalue weighted by molar-refractivity contribution is 5.50. The molecule has 6 heteroatoms. The number of hydrogen-bond donors (Lipinski definition) is 2. The van der Waals surface area contributed by atoms with E-state index in [0.29, 0.717) is 31.3 Å². The molecule has 20 heavy (non-hydrogen) atoms. The first kappa shape index (κ1) is 14.9. The standard InChI is InChI=1S/C14H22N2O4/c1-17-12-5-14(19-3)13(18-2)4-9(12)6-16-11-8-20-7-10(11)15/h4-5,10-11,16H,6-8,15H2,1-3H3/t10-,11+/m0/s1. The number of methoxy groups -OCH3 is 3. The third-order valence-electron chi connectivity index (χ3n) is 3.47. The summed E-state index contributed by atoms with van der Waals surface area (Å²) in [6.45, 7) is 1.86. The lowest BCUT2D eigenvalue weighted by Gasteiger charge is -2.18. The molecule has 0 unspecified atom stereocenters. The van der Waals surface area contributed by atoms with Gasteiger partial charge in [0.05, 0.1) is 34.5 Å². The van der Waals surface area contributed by atoms with E-state index in [0.717, 1.165) is 11.3 Å². The summed E-state index contributed by atoms with van der Waals surface area (Å²) in [4.78, 5) is 0. The van der Waals surface area contributed by atoms with Crippen molar-refractivity contribution in [2.45, 2.75) is 18.6 Å². The van der Waals surface area contributed by atoms with E-state index in [1.54, 1.807) is 21.3 Å². The van der Waals surface area contributed by atoms with Crippen molar-refractivity contribution in [2.75, 3.05) is 34.5 Å². The zero-order valence-corrected chi connectivity index (χ0v) is 12.1. The van der Waals surface area contributed by atoms with Gasteiger partial charge in [-0.1, -0.05) is 0 Å². The number of nitrogens with two attached hydrogens (primary N) is 1. The van der Waals surface area contributed by atoms with Gasteiger partial charge >= 0.3 is 0 Å². The van der Waals surface area contributed by atoms with Crippen molar-refractivity contribution in [3.8, 4) is 17.2 Å². The van der Waals surface area contributed by atoms with Gasteiger partial charge in [0.15, 0.2) is 11.5 Å². The van der Waals surface area contributed by atoms with Gasteiger partial charge in [-0.2, -0.15) is 0 Å². The highest BCUT2D eigenvalue weighted by atomic mass is 16.5. The van der Waals surface area contributed by atoms with Gasteiger partial charge in [0.1, 0.15) is 5.75 Å². The van der Waals surface area contributed by atoms with Crippen LogP contribution in [0.4, 0.5) is 0 Å². The minimum absolute atomic E-state index is 0.0288. The minimum Gasteiger partial charge on any atom is -0.496 e. The molecule has 0 spiro atoms. The fourth-order valence-corrected chi connectivity index (χ4v) is 2.25. The van der Waals surface area contributed by atoms with Crippen molar-refractivity contribution in [1.82, 2.24) is 5.32 Å². The predicted molar refractivity (Wildman–Crippen MR) is 75.5 cm³/mol. The average molecular weight is 282 g/mol. The SMILES string of the molecule is COc1cc(OC)c(OC)cc1CN[C@@H]1COC[C@@H]1N. The van der Waals surface area contributed by atoms with Gasteiger partial charge in [-0.3, -0.25) is 0 Å². The third kappa shape index (κ3) is 3.15. The van der Waals surface area contributed by atoms with E-state index in [4.69, 9.17) is 24.7 Å². The Hall–Kier alpha value is -1.50. The predicted octanol–water partition coefficient (Wildman–Crippen LogP) is 0.528. The van der Waals surface area contributed by atoms with Gasteiger partial charge in [-0.25, -0.2) is 0 Å². The van der Waals surface area contributed by atoms with Crippen LogP contribution in [0.2, 0.25) is 0 Å². The summed E-state index contributed by atoms with van der Waals surface area (Å²) in [5.41, 5.74) is 6.94. The molecule has 0 bridgehead atoms. The quantitative estimate of drug-likeness (QED) is 0.792. The summed E-state index contributed by atoms with van der Waals surface area (Å²) in [5.74, 6) is 2.08. The van der Waals surface area contributed by atoms with Crippen molar-refractivity contribution < 1.29 is 18.9 Å². The summed E-state index contributed by atoms with van der Waals surface area (Å²) in [7, 11) is 4.85. The van der Waals surface area contributed by atoms with E-state index >= 15 is 0 Å². The third-order valence-corrected chi connectivity index (χ3v) is 3.47. The molecule has 0 aromatic heterocycles. The van der Waals surface area contributed by atoms with E-state index in [1.807, 2.05) is 12.1 Å². The number of benzene rings is 1. The highest BCUT2D eigenvalue weighted by Crippen LogP contribution is 2.34. The molecule has 2 rings (SSSR count). The lowest BCUT2D eigenvalue weighted by Crippen LogP contribution is -2.43. The first-order valence-corrected chi connectivity index (χ1v) is 6.55. The van der Waals surface area contributed by atoms with E-state index in [1.165, 1.54) is 0 Å². The largest absolute Gasteiger partial charge is 0.496 e. The maximum Gasteiger partial charge on any atom is 0.164 e. The molecular weight excluding hydrogens is 260 g/mol. The van der Waals surface area contributed by atoms with Crippen LogP contribution < -0.4 is 25.3 Å². The molecule has 6 nitrogen and oxygen atoms in total. The maximum absolute atomic E-state index is 5.95. The number of rotatable bonds is 6. The summed E-state index contributed by atoms with van der Waals surface area (Å²) in [5, 5.41) is 3.38. The minimum atomic E-state index is 0.0288. The zero-order valence-electron chi connectivity index (χ0n) is 12.1. The van der Waals surface area contributed by atoms with Gasteiger partial charge in [0, 0.05) is 30.3 Å². The van der Waals surface area contributed by atoms with Crippen molar-refractivity contribution in [1.29, 1.82) is 0 Å². The van der Waals surface area contributed by atoms with Gasteiger partial charge < -0.3 is 30.0 Å². The zero-order chi connectivity index (χ0) is 14.5. The van der Waals surface area contributed by atoms with Crippen LogP contribution in [0.15, 0.2) is 12.1 Å². The molecule has 0 radical (unpaired) electrons. The van der Waals surface area contributed by atoms with Gasteiger partial charge in [0.25, 0.3) is 0 Å². The molecule has 1 aromatic rings. The number of ether oxygens (including phenoxy) is 4. The summed E-state index contributed by atoms with van der Waals surface area (Å²) in [6.07, 6.45) is 0. The second kappa shape index (κ2) is 6.78. The smallest absolute Gasteiger partial charge is 0.164 e. The summed E-state index contributed by atoms with van der Waals surface area (Å²) < 4.78 is 21.3. The van der Waals surface area contributed by atoms with Crippen molar-refractivity contribution in [2.24, 2.45) is 5.73 Å². The lowest BCUT2D eigenvalue weighted by molar-refractivity contribution is 0.187. The first-order chi connectivity index (χ1) is 9.69. The molecule has 1 aliphatic heterocycles. The van der Waals surface area contributed by atoms with E-state index < -0.39 is 0 Å². The van der Waals surface area contributed by atoms with E-state index in [-0.39, 0.29) is 12.1 Å². The Morgan fingerprint density at radius 3 is 2.30 bits per heavy atom. The average Bonchev–Trinajstić information content (AvgIpc) is 2.89. The monoisotopic (exact) mass is 282 g/mol. The Morgan fingerprint density at radius 2 is 1.75 bits per heavy atom. The van der Waals surface area contributed by atoms with Gasteiger partial charge in [-0.05, 0) is 6.07 Å². The van der Waals surface area contributed by atoms with Crippen LogP contribution in [0.3, 0.4) is 0 Å². The molecule has 0 aliphatic carbocycles. The Morgan fingerprint density at radius 1 is 1.10 bits per heavy atom. The maximum atomic E-state index is 5.95. The molecule has 1 aliphatic rings. The van der Waals surface area contributed by atoms with Crippen LogP contribution in [0.25, 0.3) is 0 Å². The van der Waals surface area contributed by atoms with E-state index in [2.05, 4.69) is 5.32 Å². The molecule has 3 N–H and O–H groups in total. The van der Waals surface area contributed by atoms with Crippen LogP contribution >= 0.6 is 0 Å².